The van der Waals surface area contributed by atoms with E-state index in [9.17, 15) is 81.1 Å². The SMILES string of the molecule is CCCN(C[C@@]1(O)OC[C@@H](O)[C@@H](O)[C@@H]1O)[C@@H]1[C@H](O)[C@H](O[C@H]2/C=C/C=C/C=C/C=C/CC/C=C/C=C/[C@H](C)[C@@H](O)[C@@H](C)[C@H](C)OC(=O)C[C@H](O)C[C@H](O)C[C@H](O)CC[C@@H](O)[C@H](O)C[C@]3(O)C[C@H](O)[C@@H](C(=O)OC)[C@H](C2)O3)O[C@H](C)[C@H]1O. The number of methoxy groups -OCH3 is 1. The van der Waals surface area contributed by atoms with Crippen LogP contribution in [0.4, 0.5) is 0 Å². The number of allylic oxidation sites excluding steroid dienone is 10. The Balaban J connectivity index is 1.64. The molecular formula is C57H93NO22. The fourth-order valence-corrected chi connectivity index (χ4v) is 10.6. The Bertz CT molecular complexity index is 2040. The standard InChI is InChI=1S/C57H93NO22/c1-7-24-58(32-57(74)53(71)51(69)44(65)31-76-57)48-50(68)36(5)78-55(52(48)70)79-40-21-19-17-15-13-11-9-8-10-12-14-16-18-20-33(2)49(67)34(3)35(4)77-46(66)27-39(61)26-38(60)25-37(59)22-23-41(62)42(63)29-56(73)30-43(64)47(54(72)75-6)45(28-40)80-56/h8-9,11,13-21,33-45,47-53,55,59-65,67-71,73-74H,7,10,12,22-32H2,1-6H3/b9-8+,13-11+,16-14+,17-15+,20-18+,21-19+/t33-,34-,35-,36+,37+,38+,39+,40-,41+,42+,43-,44+,45-,47+,48-,49+,50+,51+,52-,53-,55-,56+,57+/m0/s1. The Morgan fingerprint density at radius 2 is 1.30 bits per heavy atom. The molecule has 2 bridgehead atoms. The molecule has 0 aliphatic carbocycles. The van der Waals surface area contributed by atoms with E-state index >= 15 is 0 Å². The van der Waals surface area contributed by atoms with E-state index in [1.807, 2.05) is 43.4 Å². The van der Waals surface area contributed by atoms with E-state index < -0.39 is 178 Å². The zero-order chi connectivity index (χ0) is 59.5. The van der Waals surface area contributed by atoms with Gasteiger partial charge in [0.05, 0.1) is 99.9 Å². The maximum Gasteiger partial charge on any atom is 0.313 e. The molecule has 0 amide bonds. The van der Waals surface area contributed by atoms with Gasteiger partial charge in [0.2, 0.25) is 5.79 Å². The lowest BCUT2D eigenvalue weighted by Gasteiger charge is -2.50. The normalized spacial score (nSPS) is 44.9. The van der Waals surface area contributed by atoms with Crippen molar-refractivity contribution in [2.45, 2.75) is 227 Å². The number of ether oxygens (including phenoxy) is 6. The highest BCUT2D eigenvalue weighted by atomic mass is 16.7. The average molecular weight is 1140 g/mol. The van der Waals surface area contributed by atoms with Crippen LogP contribution < -0.4 is 0 Å². The van der Waals surface area contributed by atoms with Crippen LogP contribution in [0, 0.1) is 17.8 Å². The molecule has 4 aliphatic rings. The van der Waals surface area contributed by atoms with Crippen molar-refractivity contribution in [2.75, 3.05) is 26.8 Å². The van der Waals surface area contributed by atoms with E-state index in [1.54, 1.807) is 51.2 Å². The molecule has 23 heteroatoms. The largest absolute Gasteiger partial charge is 0.469 e. The molecule has 3 saturated heterocycles. The van der Waals surface area contributed by atoms with Gasteiger partial charge in [-0.2, -0.15) is 0 Å². The third kappa shape index (κ3) is 20.7. The molecule has 0 saturated carbocycles. The first kappa shape index (κ1) is 69.1. The van der Waals surface area contributed by atoms with Gasteiger partial charge < -0.3 is 99.9 Å². The number of esters is 2. The maximum absolute atomic E-state index is 13.4. The van der Waals surface area contributed by atoms with Gasteiger partial charge in [0.1, 0.15) is 36.4 Å². The number of hydrogen-bond acceptors (Lipinski definition) is 23. The second-order valence-corrected chi connectivity index (χ2v) is 22.1. The number of fused-ring (bicyclic) bond motifs is 2. The van der Waals surface area contributed by atoms with Crippen LogP contribution in [0.3, 0.4) is 0 Å². The highest BCUT2D eigenvalue weighted by Gasteiger charge is 2.55. The van der Waals surface area contributed by atoms with Crippen molar-refractivity contribution in [3.63, 3.8) is 0 Å². The molecule has 14 N–H and O–H groups in total. The van der Waals surface area contributed by atoms with Crippen LogP contribution in [-0.4, -0.2) is 237 Å². The van der Waals surface area contributed by atoms with Gasteiger partial charge in [0.15, 0.2) is 12.1 Å². The number of aliphatic hydroxyl groups excluding tert-OH is 12. The van der Waals surface area contributed by atoms with Crippen LogP contribution in [0.15, 0.2) is 72.9 Å². The zero-order valence-electron chi connectivity index (χ0n) is 46.9. The molecule has 3 fully saturated rings. The fourth-order valence-electron chi connectivity index (χ4n) is 10.6. The lowest BCUT2D eigenvalue weighted by atomic mass is 9.82. The van der Waals surface area contributed by atoms with Crippen molar-refractivity contribution in [3.8, 4) is 0 Å². The molecule has 0 aromatic heterocycles. The number of hydrogen-bond donors (Lipinski definition) is 14. The van der Waals surface area contributed by atoms with Crippen molar-refractivity contribution in [1.29, 1.82) is 0 Å². The minimum atomic E-state index is -2.45. The number of carbonyl (C=O) groups excluding carboxylic acids is 2. The number of rotatable bonds is 8. The molecule has 80 heavy (non-hydrogen) atoms. The molecule has 0 aromatic rings. The van der Waals surface area contributed by atoms with E-state index in [0.29, 0.717) is 6.42 Å². The van der Waals surface area contributed by atoms with Gasteiger partial charge in [-0.15, -0.1) is 0 Å². The molecule has 4 rings (SSSR count). The summed E-state index contributed by atoms with van der Waals surface area (Å²) in [5.74, 6) is -8.72. The minimum Gasteiger partial charge on any atom is -0.469 e. The monoisotopic (exact) mass is 1140 g/mol. The van der Waals surface area contributed by atoms with Crippen molar-refractivity contribution < 1.29 is 110 Å². The first-order chi connectivity index (χ1) is 37.7. The van der Waals surface area contributed by atoms with Gasteiger partial charge in [-0.25, -0.2) is 0 Å². The Morgan fingerprint density at radius 1 is 0.688 bits per heavy atom. The van der Waals surface area contributed by atoms with E-state index in [-0.39, 0.29) is 44.6 Å². The number of nitrogens with zero attached hydrogens (tertiary/aromatic N) is 1. The Kier molecular flexibility index (Phi) is 28.7. The fraction of sp³-hybridized carbons (Fsp3) is 0.754. The Morgan fingerprint density at radius 3 is 1.96 bits per heavy atom. The van der Waals surface area contributed by atoms with Gasteiger partial charge in [0, 0.05) is 31.1 Å². The van der Waals surface area contributed by atoms with Gasteiger partial charge in [-0.05, 0) is 65.3 Å². The first-order valence-corrected chi connectivity index (χ1v) is 28.0. The van der Waals surface area contributed by atoms with E-state index in [0.717, 1.165) is 20.0 Å². The van der Waals surface area contributed by atoms with Gasteiger partial charge >= 0.3 is 11.9 Å². The van der Waals surface area contributed by atoms with Crippen LogP contribution in [0.5, 0.6) is 0 Å². The summed E-state index contributed by atoms with van der Waals surface area (Å²) in [4.78, 5) is 27.6. The molecular weight excluding hydrogens is 1050 g/mol. The van der Waals surface area contributed by atoms with Gasteiger partial charge in [-0.1, -0.05) is 93.7 Å². The smallest absolute Gasteiger partial charge is 0.313 e. The number of carbonyl (C=O) groups is 2. The second-order valence-electron chi connectivity index (χ2n) is 22.1. The Hall–Kier alpha value is -3.38. The van der Waals surface area contributed by atoms with Crippen molar-refractivity contribution in [3.05, 3.63) is 72.9 Å². The van der Waals surface area contributed by atoms with Crippen molar-refractivity contribution in [2.24, 2.45) is 17.8 Å². The Labute approximate surface area is 469 Å². The van der Waals surface area contributed by atoms with Gasteiger partial charge in [0.25, 0.3) is 0 Å². The lowest BCUT2D eigenvalue weighted by Crippen LogP contribution is -2.69. The van der Waals surface area contributed by atoms with E-state index in [4.69, 9.17) is 28.4 Å². The van der Waals surface area contributed by atoms with Crippen LogP contribution in [0.1, 0.15) is 105 Å². The highest BCUT2D eigenvalue weighted by Crippen LogP contribution is 2.39. The highest BCUT2D eigenvalue weighted by molar-refractivity contribution is 5.74. The number of cyclic esters (lactones) is 1. The van der Waals surface area contributed by atoms with E-state index in [2.05, 4.69) is 0 Å². The molecule has 4 heterocycles. The minimum absolute atomic E-state index is 0.106. The van der Waals surface area contributed by atoms with Crippen LogP contribution in [0.2, 0.25) is 0 Å². The summed E-state index contributed by atoms with van der Waals surface area (Å²) in [6.07, 6.45) is -4.02. The summed E-state index contributed by atoms with van der Waals surface area (Å²) in [7, 11) is 1.09. The van der Waals surface area contributed by atoms with Crippen LogP contribution in [0.25, 0.3) is 0 Å². The third-order valence-electron chi connectivity index (χ3n) is 15.4. The van der Waals surface area contributed by atoms with Crippen molar-refractivity contribution >= 4 is 11.9 Å². The summed E-state index contributed by atoms with van der Waals surface area (Å²) in [5, 5.41) is 155. The third-order valence-corrected chi connectivity index (χ3v) is 15.4. The summed E-state index contributed by atoms with van der Waals surface area (Å²) in [5.41, 5.74) is 0. The van der Waals surface area contributed by atoms with E-state index in [1.165, 1.54) is 17.9 Å². The molecule has 0 radical (unpaired) electrons. The summed E-state index contributed by atoms with van der Waals surface area (Å²) < 4.78 is 34.6. The second kappa shape index (κ2) is 33.2. The summed E-state index contributed by atoms with van der Waals surface area (Å²) in [6.45, 7) is 7.55. The molecule has 458 valence electrons. The molecule has 23 atom stereocenters. The topological polar surface area (TPSA) is 376 Å². The predicted molar refractivity (Wildman–Crippen MR) is 288 cm³/mol. The number of aliphatic hydroxyl groups is 14. The zero-order valence-corrected chi connectivity index (χ0v) is 46.9. The summed E-state index contributed by atoms with van der Waals surface area (Å²) in [6, 6.07) is -1.27. The molecule has 23 nitrogen and oxygen atoms in total. The van der Waals surface area contributed by atoms with Crippen LogP contribution in [-0.2, 0) is 38.0 Å². The first-order valence-electron chi connectivity index (χ1n) is 28.0. The lowest BCUT2D eigenvalue weighted by molar-refractivity contribution is -0.336. The molecule has 4 aliphatic heterocycles. The van der Waals surface area contributed by atoms with Crippen molar-refractivity contribution in [1.82, 2.24) is 4.90 Å². The van der Waals surface area contributed by atoms with Crippen LogP contribution >= 0.6 is 0 Å². The maximum atomic E-state index is 13.4. The predicted octanol–water partition coefficient (Wildman–Crippen LogP) is -0.421. The van der Waals surface area contributed by atoms with Gasteiger partial charge in [-0.3, -0.25) is 14.5 Å². The molecule has 0 spiro atoms. The quantitative estimate of drug-likeness (QED) is 0.137. The average Bonchev–Trinajstić information content (AvgIpc) is 3.39. The molecule has 0 unspecified atom stereocenters. The summed E-state index contributed by atoms with van der Waals surface area (Å²) >= 11 is 0. The molecule has 0 aromatic carbocycles.